The van der Waals surface area contributed by atoms with Gasteiger partial charge in [0.1, 0.15) is 5.75 Å². The van der Waals surface area contributed by atoms with Crippen LogP contribution in [0.15, 0.2) is 48.6 Å². The summed E-state index contributed by atoms with van der Waals surface area (Å²) in [6.45, 7) is 6.68. The number of hydrogen-bond donors (Lipinski definition) is 0. The zero-order chi connectivity index (χ0) is 13.7. The molecule has 2 rings (SSSR count). The molecule has 102 valence electrons. The van der Waals surface area contributed by atoms with E-state index in [9.17, 15) is 0 Å². The Labute approximate surface area is 115 Å². The van der Waals surface area contributed by atoms with E-state index in [4.69, 9.17) is 9.47 Å². The number of allylic oxidation sites excluding steroid dienone is 2. The molecule has 0 radical (unpaired) electrons. The van der Waals surface area contributed by atoms with Crippen LogP contribution >= 0.6 is 0 Å². The van der Waals surface area contributed by atoms with Crippen molar-refractivity contribution in [3.63, 3.8) is 0 Å². The molecule has 1 aromatic rings. The normalized spacial score (nSPS) is 22.7. The third-order valence-corrected chi connectivity index (χ3v) is 3.67. The maximum absolute atomic E-state index is 6.13. The third kappa shape index (κ3) is 3.71. The minimum Gasteiger partial charge on any atom is -0.497 e. The van der Waals surface area contributed by atoms with Crippen molar-refractivity contribution in [2.75, 3.05) is 7.11 Å². The first-order valence-electron chi connectivity index (χ1n) is 6.73. The molecule has 0 N–H and O–H groups in total. The summed E-state index contributed by atoms with van der Waals surface area (Å²) in [5, 5.41) is 0. The molecule has 2 heteroatoms. The van der Waals surface area contributed by atoms with E-state index in [1.54, 1.807) is 7.11 Å². The van der Waals surface area contributed by atoms with Crippen LogP contribution in [0.1, 0.15) is 31.7 Å². The summed E-state index contributed by atoms with van der Waals surface area (Å²) in [4.78, 5) is 0. The Balaban J connectivity index is 1.94. The Kier molecular flexibility index (Phi) is 4.43. The minimum atomic E-state index is -0.0712. The predicted molar refractivity (Wildman–Crippen MR) is 78.3 cm³/mol. The fourth-order valence-electron chi connectivity index (χ4n) is 2.41. The molecular formula is C17H22O2. The second-order valence-electron chi connectivity index (χ2n) is 5.29. The first kappa shape index (κ1) is 13.9. The van der Waals surface area contributed by atoms with Gasteiger partial charge in [-0.05, 0) is 43.0 Å². The molecule has 0 aromatic heterocycles. The highest BCUT2D eigenvalue weighted by molar-refractivity contribution is 5.27. The van der Waals surface area contributed by atoms with E-state index >= 15 is 0 Å². The molecule has 19 heavy (non-hydrogen) atoms. The summed E-state index contributed by atoms with van der Waals surface area (Å²) in [6, 6.07) is 8.04. The molecule has 1 aliphatic carbocycles. The molecular weight excluding hydrogens is 236 g/mol. The van der Waals surface area contributed by atoms with E-state index in [1.807, 2.05) is 18.2 Å². The van der Waals surface area contributed by atoms with Crippen molar-refractivity contribution in [2.45, 2.75) is 38.4 Å². The highest BCUT2D eigenvalue weighted by Crippen LogP contribution is 2.32. The van der Waals surface area contributed by atoms with Gasteiger partial charge in [-0.1, -0.05) is 30.9 Å². The Morgan fingerprint density at radius 1 is 1.32 bits per heavy atom. The van der Waals surface area contributed by atoms with Crippen molar-refractivity contribution in [3.05, 3.63) is 54.1 Å². The minimum absolute atomic E-state index is 0.0712. The molecule has 2 nitrogen and oxygen atoms in total. The number of rotatable bonds is 5. The van der Waals surface area contributed by atoms with Crippen LogP contribution < -0.4 is 4.74 Å². The van der Waals surface area contributed by atoms with Crippen LogP contribution in [0.2, 0.25) is 0 Å². The molecule has 0 heterocycles. The second kappa shape index (κ2) is 6.07. The summed E-state index contributed by atoms with van der Waals surface area (Å²) < 4.78 is 11.3. The number of methoxy groups -OCH3 is 1. The number of hydrogen-bond acceptors (Lipinski definition) is 2. The van der Waals surface area contributed by atoms with Crippen molar-refractivity contribution in [3.8, 4) is 5.75 Å². The zero-order valence-corrected chi connectivity index (χ0v) is 11.8. The second-order valence-corrected chi connectivity index (χ2v) is 5.29. The van der Waals surface area contributed by atoms with Gasteiger partial charge in [0.15, 0.2) is 0 Å². The smallest absolute Gasteiger partial charge is 0.118 e. The fraction of sp³-hybridized carbons (Fsp3) is 0.412. The third-order valence-electron chi connectivity index (χ3n) is 3.67. The van der Waals surface area contributed by atoms with Gasteiger partial charge in [0.25, 0.3) is 0 Å². The zero-order valence-electron chi connectivity index (χ0n) is 11.8. The van der Waals surface area contributed by atoms with Gasteiger partial charge in [-0.2, -0.15) is 0 Å². The molecule has 0 unspecified atom stereocenters. The molecule has 0 bridgehead atoms. The SMILES string of the molecule is C=CC1=CCC[C@](C)(OCc2ccc(OC)cc2)C1. The molecule has 1 atom stereocenters. The number of benzene rings is 1. The van der Waals surface area contributed by atoms with Crippen molar-refractivity contribution in [1.82, 2.24) is 0 Å². The average molecular weight is 258 g/mol. The van der Waals surface area contributed by atoms with Crippen molar-refractivity contribution in [1.29, 1.82) is 0 Å². The highest BCUT2D eigenvalue weighted by atomic mass is 16.5. The lowest BCUT2D eigenvalue weighted by Crippen LogP contribution is -2.31. The topological polar surface area (TPSA) is 18.5 Å². The molecule has 0 saturated heterocycles. The van der Waals surface area contributed by atoms with Gasteiger partial charge < -0.3 is 9.47 Å². The number of ether oxygens (including phenoxy) is 2. The van der Waals surface area contributed by atoms with Crippen LogP contribution in [-0.2, 0) is 11.3 Å². The maximum Gasteiger partial charge on any atom is 0.118 e. The first-order valence-corrected chi connectivity index (χ1v) is 6.73. The van der Waals surface area contributed by atoms with Gasteiger partial charge in [-0.25, -0.2) is 0 Å². The van der Waals surface area contributed by atoms with Crippen LogP contribution in [-0.4, -0.2) is 12.7 Å². The molecule has 1 aromatic carbocycles. The highest BCUT2D eigenvalue weighted by Gasteiger charge is 2.27. The van der Waals surface area contributed by atoms with Crippen molar-refractivity contribution < 1.29 is 9.47 Å². The van der Waals surface area contributed by atoms with Crippen LogP contribution in [0.4, 0.5) is 0 Å². The molecule has 0 fully saturated rings. The standard InChI is InChI=1S/C17H22O2/c1-4-14-6-5-11-17(2,12-14)19-13-15-7-9-16(18-3)10-8-15/h4,6-10H,1,5,11-13H2,2-3H3/t17-/m0/s1. The van der Waals surface area contributed by atoms with E-state index in [0.29, 0.717) is 6.61 Å². The predicted octanol–water partition coefficient (Wildman–Crippen LogP) is 4.27. The lowest BCUT2D eigenvalue weighted by molar-refractivity contribution is -0.0502. The molecule has 1 aliphatic rings. The maximum atomic E-state index is 6.13. The van der Waals surface area contributed by atoms with E-state index in [0.717, 1.165) is 25.0 Å². The van der Waals surface area contributed by atoms with Gasteiger partial charge in [0, 0.05) is 6.42 Å². The van der Waals surface area contributed by atoms with E-state index in [1.165, 1.54) is 11.1 Å². The molecule has 0 saturated carbocycles. The van der Waals surface area contributed by atoms with E-state index < -0.39 is 0 Å². The summed E-state index contributed by atoms with van der Waals surface area (Å²) in [7, 11) is 1.68. The van der Waals surface area contributed by atoms with Gasteiger partial charge in [0.05, 0.1) is 19.3 Å². The van der Waals surface area contributed by atoms with Gasteiger partial charge in [-0.3, -0.25) is 0 Å². The molecule has 0 amide bonds. The van der Waals surface area contributed by atoms with E-state index in [2.05, 4.69) is 31.7 Å². The monoisotopic (exact) mass is 258 g/mol. The molecule has 0 aliphatic heterocycles. The quantitative estimate of drug-likeness (QED) is 0.785. The van der Waals surface area contributed by atoms with E-state index in [-0.39, 0.29) is 5.60 Å². The summed E-state index contributed by atoms with van der Waals surface area (Å²) in [5.74, 6) is 0.879. The van der Waals surface area contributed by atoms with Gasteiger partial charge >= 0.3 is 0 Å². The summed E-state index contributed by atoms with van der Waals surface area (Å²) >= 11 is 0. The van der Waals surface area contributed by atoms with Gasteiger partial charge in [0.2, 0.25) is 0 Å². The molecule has 0 spiro atoms. The lowest BCUT2D eigenvalue weighted by atomic mass is 9.86. The Hall–Kier alpha value is -1.54. The summed E-state index contributed by atoms with van der Waals surface area (Å²) in [6.07, 6.45) is 7.28. The summed E-state index contributed by atoms with van der Waals surface area (Å²) in [5.41, 5.74) is 2.40. The van der Waals surface area contributed by atoms with Crippen LogP contribution in [0.3, 0.4) is 0 Å². The Bertz CT molecular complexity index is 459. The van der Waals surface area contributed by atoms with Crippen LogP contribution in [0.25, 0.3) is 0 Å². The fourth-order valence-corrected chi connectivity index (χ4v) is 2.41. The van der Waals surface area contributed by atoms with Crippen molar-refractivity contribution >= 4 is 0 Å². The van der Waals surface area contributed by atoms with Crippen LogP contribution in [0.5, 0.6) is 5.75 Å². The first-order chi connectivity index (χ1) is 9.15. The van der Waals surface area contributed by atoms with Gasteiger partial charge in [-0.15, -0.1) is 0 Å². The largest absolute Gasteiger partial charge is 0.497 e. The lowest BCUT2D eigenvalue weighted by Gasteiger charge is -2.33. The van der Waals surface area contributed by atoms with Crippen LogP contribution in [0, 0.1) is 0 Å². The Morgan fingerprint density at radius 3 is 2.68 bits per heavy atom. The van der Waals surface area contributed by atoms with Crippen molar-refractivity contribution in [2.24, 2.45) is 0 Å². The average Bonchev–Trinajstić information content (AvgIpc) is 2.46. The Morgan fingerprint density at radius 2 is 2.05 bits per heavy atom.